The van der Waals surface area contributed by atoms with Gasteiger partial charge in [-0.25, -0.2) is 17.6 Å². The number of nitrogens with one attached hydrogen (secondary N) is 1. The molecule has 0 aliphatic heterocycles. The lowest BCUT2D eigenvalue weighted by Gasteiger charge is -2.28. The number of hydrogen-bond acceptors (Lipinski definition) is 3. The van der Waals surface area contributed by atoms with E-state index in [-0.39, 0.29) is 23.6 Å². The summed E-state index contributed by atoms with van der Waals surface area (Å²) in [7, 11) is -3.07. The lowest BCUT2D eigenvalue weighted by Crippen LogP contribution is -2.41. The van der Waals surface area contributed by atoms with Crippen LogP contribution in [0.25, 0.3) is 0 Å². The Kier molecular flexibility index (Phi) is 6.96. The smallest absolute Gasteiger partial charge is 0.318 e. The van der Waals surface area contributed by atoms with Gasteiger partial charge in [0.25, 0.3) is 0 Å². The van der Waals surface area contributed by atoms with Crippen molar-refractivity contribution >= 4 is 15.9 Å². The number of benzene rings is 2. The second-order valence-electron chi connectivity index (χ2n) is 6.56. The zero-order chi connectivity index (χ0) is 20.0. The predicted octanol–water partition coefficient (Wildman–Crippen LogP) is 3.66. The summed E-state index contributed by atoms with van der Waals surface area (Å²) in [6.07, 6.45) is 1.20. The van der Waals surface area contributed by atoms with Crippen molar-refractivity contribution in [2.24, 2.45) is 0 Å². The molecule has 0 aliphatic rings. The van der Waals surface area contributed by atoms with E-state index in [0.717, 1.165) is 11.1 Å². The van der Waals surface area contributed by atoms with Gasteiger partial charge in [-0.1, -0.05) is 36.4 Å². The zero-order valence-electron chi connectivity index (χ0n) is 15.8. The molecule has 0 heterocycles. The molecule has 0 radical (unpaired) electrons. The van der Waals surface area contributed by atoms with E-state index in [9.17, 15) is 17.6 Å². The Hall–Kier alpha value is -2.41. The van der Waals surface area contributed by atoms with Crippen LogP contribution in [0.15, 0.2) is 48.5 Å². The van der Waals surface area contributed by atoms with Gasteiger partial charge in [-0.2, -0.15) is 0 Å². The number of sulfone groups is 1. The molecule has 7 heteroatoms. The molecule has 2 aromatic rings. The largest absolute Gasteiger partial charge is 0.334 e. The maximum Gasteiger partial charge on any atom is 0.318 e. The minimum atomic E-state index is -3.07. The highest BCUT2D eigenvalue weighted by Gasteiger charge is 2.19. The van der Waals surface area contributed by atoms with Crippen LogP contribution in [-0.4, -0.2) is 32.1 Å². The maximum atomic E-state index is 13.1. The van der Waals surface area contributed by atoms with Gasteiger partial charge >= 0.3 is 6.03 Å². The highest BCUT2D eigenvalue weighted by molar-refractivity contribution is 7.89. The molecule has 0 spiro atoms. The Morgan fingerprint density at radius 2 is 1.63 bits per heavy atom. The van der Waals surface area contributed by atoms with Crippen molar-refractivity contribution in [3.05, 3.63) is 71.0 Å². The van der Waals surface area contributed by atoms with Gasteiger partial charge in [0.2, 0.25) is 0 Å². The van der Waals surface area contributed by atoms with Crippen LogP contribution in [0.2, 0.25) is 0 Å². The van der Waals surface area contributed by atoms with E-state index in [1.54, 1.807) is 41.3 Å². The molecule has 0 fully saturated rings. The number of carbonyl (C=O) groups excluding carboxylic acids is 1. The number of amides is 2. The molecule has 0 saturated heterocycles. The van der Waals surface area contributed by atoms with Crippen LogP contribution in [0.4, 0.5) is 9.18 Å². The van der Waals surface area contributed by atoms with Gasteiger partial charge in [-0.05, 0) is 42.7 Å². The third kappa shape index (κ3) is 6.36. The average Bonchev–Trinajstić information content (AvgIpc) is 2.61. The Morgan fingerprint density at radius 1 is 1.07 bits per heavy atom. The molecule has 5 nitrogen and oxygen atoms in total. The molecule has 1 atom stereocenters. The number of rotatable bonds is 7. The first-order chi connectivity index (χ1) is 12.7. The van der Waals surface area contributed by atoms with Gasteiger partial charge in [0.05, 0.1) is 11.8 Å². The fraction of sp³-hybridized carbons (Fsp3) is 0.350. The van der Waals surface area contributed by atoms with Crippen LogP contribution >= 0.6 is 0 Å². The first-order valence-corrected chi connectivity index (χ1v) is 10.8. The molecule has 27 heavy (non-hydrogen) atoms. The molecule has 2 aromatic carbocycles. The Balaban J connectivity index is 1.97. The number of carbonyl (C=O) groups is 1. The molecule has 0 saturated carbocycles. The van der Waals surface area contributed by atoms with Crippen molar-refractivity contribution in [2.45, 2.75) is 32.2 Å². The molecule has 2 rings (SSSR count). The van der Waals surface area contributed by atoms with Crippen LogP contribution in [-0.2, 0) is 22.1 Å². The summed E-state index contributed by atoms with van der Waals surface area (Å²) < 4.78 is 35.7. The van der Waals surface area contributed by atoms with Crippen molar-refractivity contribution in [2.75, 3.05) is 12.8 Å². The van der Waals surface area contributed by atoms with E-state index < -0.39 is 9.84 Å². The molecule has 1 unspecified atom stereocenters. The lowest BCUT2D eigenvalue weighted by atomic mass is 10.1. The number of hydrogen-bond donors (Lipinski definition) is 1. The summed E-state index contributed by atoms with van der Waals surface area (Å²) in [5, 5.41) is 2.87. The summed E-state index contributed by atoms with van der Waals surface area (Å²) in [6, 6.07) is 12.8. The SMILES string of the molecule is CCN(C(=O)NCc1ccc(CS(C)(=O)=O)cc1)C(C)c1ccc(F)cc1. The van der Waals surface area contributed by atoms with Crippen molar-refractivity contribution < 1.29 is 17.6 Å². The van der Waals surface area contributed by atoms with Crippen molar-refractivity contribution in [3.63, 3.8) is 0 Å². The quantitative estimate of drug-likeness (QED) is 0.782. The number of halogens is 1. The van der Waals surface area contributed by atoms with Crippen LogP contribution < -0.4 is 5.32 Å². The van der Waals surface area contributed by atoms with Gasteiger partial charge in [0, 0.05) is 19.3 Å². The fourth-order valence-electron chi connectivity index (χ4n) is 2.85. The highest BCUT2D eigenvalue weighted by atomic mass is 32.2. The zero-order valence-corrected chi connectivity index (χ0v) is 16.6. The third-order valence-electron chi connectivity index (χ3n) is 4.32. The van der Waals surface area contributed by atoms with E-state index in [1.165, 1.54) is 18.4 Å². The average molecular weight is 392 g/mol. The molecule has 0 aliphatic carbocycles. The van der Waals surface area contributed by atoms with Crippen molar-refractivity contribution in [1.29, 1.82) is 0 Å². The second kappa shape index (κ2) is 8.99. The topological polar surface area (TPSA) is 66.5 Å². The van der Waals surface area contributed by atoms with Crippen LogP contribution in [0, 0.1) is 5.82 Å². The van der Waals surface area contributed by atoms with Gasteiger partial charge < -0.3 is 10.2 Å². The maximum absolute atomic E-state index is 13.1. The first-order valence-electron chi connectivity index (χ1n) is 8.75. The highest BCUT2D eigenvalue weighted by Crippen LogP contribution is 2.20. The van der Waals surface area contributed by atoms with Crippen LogP contribution in [0.5, 0.6) is 0 Å². The van der Waals surface area contributed by atoms with E-state index in [1.807, 2.05) is 13.8 Å². The van der Waals surface area contributed by atoms with E-state index in [4.69, 9.17) is 0 Å². The summed E-state index contributed by atoms with van der Waals surface area (Å²) in [5.41, 5.74) is 2.46. The number of nitrogens with zero attached hydrogens (tertiary/aromatic N) is 1. The Bertz CT molecular complexity index is 865. The summed E-state index contributed by atoms with van der Waals surface area (Å²) >= 11 is 0. The van der Waals surface area contributed by atoms with Crippen molar-refractivity contribution in [1.82, 2.24) is 10.2 Å². The standard InChI is InChI=1S/C20H25FN2O3S/c1-4-23(15(2)18-9-11-19(21)12-10-18)20(24)22-13-16-5-7-17(8-6-16)14-27(3,25)26/h5-12,15H,4,13-14H2,1-3H3,(H,22,24). The lowest BCUT2D eigenvalue weighted by molar-refractivity contribution is 0.182. The van der Waals surface area contributed by atoms with Gasteiger partial charge in [0.1, 0.15) is 5.82 Å². The van der Waals surface area contributed by atoms with Gasteiger partial charge in [-0.15, -0.1) is 0 Å². The second-order valence-corrected chi connectivity index (χ2v) is 8.70. The summed E-state index contributed by atoms with van der Waals surface area (Å²) in [4.78, 5) is 14.2. The van der Waals surface area contributed by atoms with Crippen LogP contribution in [0.3, 0.4) is 0 Å². The molecular weight excluding hydrogens is 367 g/mol. The molecule has 0 bridgehead atoms. The first kappa shape index (κ1) is 20.9. The fourth-order valence-corrected chi connectivity index (χ4v) is 3.65. The van der Waals surface area contributed by atoms with Gasteiger partial charge in [-0.3, -0.25) is 0 Å². The minimum Gasteiger partial charge on any atom is -0.334 e. The normalized spacial score (nSPS) is 12.4. The summed E-state index contributed by atoms with van der Waals surface area (Å²) in [5.74, 6) is -0.309. The van der Waals surface area contributed by atoms with E-state index in [0.29, 0.717) is 18.7 Å². The third-order valence-corrected chi connectivity index (χ3v) is 5.17. The Labute approximate surface area is 160 Å². The molecule has 146 valence electrons. The van der Waals surface area contributed by atoms with Gasteiger partial charge in [0.15, 0.2) is 9.84 Å². The van der Waals surface area contributed by atoms with Crippen LogP contribution in [0.1, 0.15) is 36.6 Å². The molecule has 1 N–H and O–H groups in total. The van der Waals surface area contributed by atoms with E-state index in [2.05, 4.69) is 5.32 Å². The monoisotopic (exact) mass is 392 g/mol. The molecule has 0 aromatic heterocycles. The molecule has 2 amide bonds. The Morgan fingerprint density at radius 3 is 2.15 bits per heavy atom. The predicted molar refractivity (Wildman–Crippen MR) is 104 cm³/mol. The number of urea groups is 1. The van der Waals surface area contributed by atoms with Crippen molar-refractivity contribution in [3.8, 4) is 0 Å². The van der Waals surface area contributed by atoms with E-state index >= 15 is 0 Å². The summed E-state index contributed by atoms with van der Waals surface area (Å²) in [6.45, 7) is 4.64. The molecular formula is C20H25FN2O3S. The minimum absolute atomic E-state index is 0.00155.